The minimum Gasteiger partial charge on any atom is -0.493 e. The first-order valence-corrected chi connectivity index (χ1v) is 6.05. The lowest BCUT2D eigenvalue weighted by Crippen LogP contribution is -2.01. The first kappa shape index (κ1) is 12.6. The minimum absolute atomic E-state index is 0.436. The first-order valence-electron chi connectivity index (χ1n) is 6.05. The minimum atomic E-state index is -0.436. The van der Waals surface area contributed by atoms with Crippen LogP contribution in [0.5, 0.6) is 5.75 Å². The van der Waals surface area contributed by atoms with Gasteiger partial charge in [-0.2, -0.15) is 0 Å². The Hall–Kier alpha value is -1.87. The molecule has 0 saturated carbocycles. The summed E-state index contributed by atoms with van der Waals surface area (Å²) in [5.41, 5.74) is 2.06. The van der Waals surface area contributed by atoms with Crippen LogP contribution in [-0.2, 0) is 6.42 Å². The van der Waals surface area contributed by atoms with E-state index in [2.05, 4.69) is 4.98 Å². The number of pyridine rings is 1. The fourth-order valence-corrected chi connectivity index (χ4v) is 1.68. The molecular weight excluding hydrogens is 226 g/mol. The fraction of sp³-hybridized carbons (Fsp3) is 0.267. The molecule has 0 spiro atoms. The lowest BCUT2D eigenvalue weighted by Gasteiger charge is -2.08. The molecule has 1 atom stereocenters. The van der Waals surface area contributed by atoms with E-state index in [1.54, 1.807) is 13.1 Å². The van der Waals surface area contributed by atoms with Gasteiger partial charge in [0.15, 0.2) is 0 Å². The molecule has 0 bridgehead atoms. The largest absolute Gasteiger partial charge is 0.493 e. The normalized spacial score (nSPS) is 12.1. The third-order valence-electron chi connectivity index (χ3n) is 2.74. The summed E-state index contributed by atoms with van der Waals surface area (Å²) in [6.45, 7) is 2.37. The molecule has 0 saturated heterocycles. The van der Waals surface area contributed by atoms with Gasteiger partial charge in [0.25, 0.3) is 0 Å². The molecule has 94 valence electrons. The Bertz CT molecular complexity index is 466. The van der Waals surface area contributed by atoms with Crippen LogP contribution in [0.4, 0.5) is 0 Å². The quantitative estimate of drug-likeness (QED) is 0.878. The smallest absolute Gasteiger partial charge is 0.119 e. The van der Waals surface area contributed by atoms with E-state index in [0.29, 0.717) is 6.61 Å². The summed E-state index contributed by atoms with van der Waals surface area (Å²) in [5, 5.41) is 9.39. The Morgan fingerprint density at radius 2 is 2.00 bits per heavy atom. The van der Waals surface area contributed by atoms with Crippen molar-refractivity contribution in [2.24, 2.45) is 0 Å². The number of aliphatic hydroxyl groups is 1. The molecule has 0 aliphatic heterocycles. The Morgan fingerprint density at radius 1 is 1.22 bits per heavy atom. The maximum atomic E-state index is 9.39. The van der Waals surface area contributed by atoms with Crippen LogP contribution in [0.3, 0.4) is 0 Å². The van der Waals surface area contributed by atoms with Gasteiger partial charge in [-0.25, -0.2) is 0 Å². The van der Waals surface area contributed by atoms with Gasteiger partial charge in [0.1, 0.15) is 5.75 Å². The van der Waals surface area contributed by atoms with E-state index >= 15 is 0 Å². The maximum absolute atomic E-state index is 9.39. The molecule has 0 fully saturated rings. The van der Waals surface area contributed by atoms with Crippen molar-refractivity contribution in [2.45, 2.75) is 19.4 Å². The van der Waals surface area contributed by atoms with Crippen LogP contribution in [-0.4, -0.2) is 16.7 Å². The molecule has 0 unspecified atom stereocenters. The van der Waals surface area contributed by atoms with Crippen LogP contribution >= 0.6 is 0 Å². The molecule has 2 aromatic rings. The number of hydrogen-bond acceptors (Lipinski definition) is 3. The SMILES string of the molecule is C[C@H](O)c1ccc(OCCc2cccnc2)cc1. The summed E-state index contributed by atoms with van der Waals surface area (Å²) >= 11 is 0. The molecule has 3 heteroatoms. The fourth-order valence-electron chi connectivity index (χ4n) is 1.68. The van der Waals surface area contributed by atoms with E-state index in [1.807, 2.05) is 42.6 Å². The highest BCUT2D eigenvalue weighted by Gasteiger charge is 2.00. The molecule has 1 aromatic heterocycles. The van der Waals surface area contributed by atoms with Gasteiger partial charge in [-0.15, -0.1) is 0 Å². The Morgan fingerprint density at radius 3 is 2.61 bits per heavy atom. The zero-order chi connectivity index (χ0) is 12.8. The molecule has 3 nitrogen and oxygen atoms in total. The standard InChI is InChI=1S/C15H17NO2/c1-12(17)14-4-6-15(7-5-14)18-10-8-13-3-2-9-16-11-13/h2-7,9,11-12,17H,8,10H2,1H3/t12-/m0/s1. The van der Waals surface area contributed by atoms with Gasteiger partial charge >= 0.3 is 0 Å². The molecule has 18 heavy (non-hydrogen) atoms. The van der Waals surface area contributed by atoms with Crippen molar-refractivity contribution < 1.29 is 9.84 Å². The summed E-state index contributed by atoms with van der Waals surface area (Å²) in [6.07, 6.45) is 4.01. The van der Waals surface area contributed by atoms with Gasteiger partial charge < -0.3 is 9.84 Å². The molecular formula is C15H17NO2. The van der Waals surface area contributed by atoms with Crippen molar-refractivity contribution in [3.63, 3.8) is 0 Å². The number of aromatic nitrogens is 1. The van der Waals surface area contributed by atoms with Gasteiger partial charge in [0.05, 0.1) is 12.7 Å². The summed E-state index contributed by atoms with van der Waals surface area (Å²) in [6, 6.07) is 11.5. The second kappa shape index (κ2) is 6.17. The van der Waals surface area contributed by atoms with Crippen molar-refractivity contribution in [1.29, 1.82) is 0 Å². The molecule has 1 heterocycles. The monoisotopic (exact) mass is 243 g/mol. The highest BCUT2D eigenvalue weighted by Crippen LogP contribution is 2.17. The van der Waals surface area contributed by atoms with Crippen LogP contribution in [0.25, 0.3) is 0 Å². The summed E-state index contributed by atoms with van der Waals surface area (Å²) < 4.78 is 5.64. The van der Waals surface area contributed by atoms with Crippen molar-refractivity contribution in [3.8, 4) is 5.75 Å². The van der Waals surface area contributed by atoms with Crippen LogP contribution in [0.2, 0.25) is 0 Å². The zero-order valence-corrected chi connectivity index (χ0v) is 10.4. The van der Waals surface area contributed by atoms with Crippen LogP contribution in [0, 0.1) is 0 Å². The van der Waals surface area contributed by atoms with Crippen molar-refractivity contribution in [3.05, 3.63) is 59.9 Å². The molecule has 0 aliphatic rings. The lowest BCUT2D eigenvalue weighted by molar-refractivity contribution is 0.199. The van der Waals surface area contributed by atoms with Crippen LogP contribution < -0.4 is 4.74 Å². The Labute approximate surface area is 107 Å². The summed E-state index contributed by atoms with van der Waals surface area (Å²) in [7, 11) is 0. The maximum Gasteiger partial charge on any atom is 0.119 e. The van der Waals surface area contributed by atoms with Crippen molar-refractivity contribution in [2.75, 3.05) is 6.61 Å². The second-order valence-corrected chi connectivity index (χ2v) is 4.20. The summed E-state index contributed by atoms with van der Waals surface area (Å²) in [5.74, 6) is 0.822. The van der Waals surface area contributed by atoms with Gasteiger partial charge in [0.2, 0.25) is 0 Å². The molecule has 2 rings (SSSR count). The molecule has 0 radical (unpaired) electrons. The Balaban J connectivity index is 1.83. The Kier molecular flexibility index (Phi) is 4.31. The van der Waals surface area contributed by atoms with Crippen LogP contribution in [0.1, 0.15) is 24.2 Å². The van der Waals surface area contributed by atoms with Crippen LogP contribution in [0.15, 0.2) is 48.8 Å². The number of nitrogens with zero attached hydrogens (tertiary/aromatic N) is 1. The number of benzene rings is 1. The zero-order valence-electron chi connectivity index (χ0n) is 10.4. The highest BCUT2D eigenvalue weighted by atomic mass is 16.5. The van der Waals surface area contributed by atoms with E-state index in [4.69, 9.17) is 4.74 Å². The second-order valence-electron chi connectivity index (χ2n) is 4.20. The predicted molar refractivity (Wildman–Crippen MR) is 70.5 cm³/mol. The van der Waals surface area contributed by atoms with E-state index < -0.39 is 6.10 Å². The summed E-state index contributed by atoms with van der Waals surface area (Å²) in [4.78, 5) is 4.06. The average molecular weight is 243 g/mol. The number of ether oxygens (including phenoxy) is 1. The highest BCUT2D eigenvalue weighted by molar-refractivity contribution is 5.28. The van der Waals surface area contributed by atoms with Gasteiger partial charge in [0, 0.05) is 18.8 Å². The third-order valence-corrected chi connectivity index (χ3v) is 2.74. The average Bonchev–Trinajstić information content (AvgIpc) is 2.40. The first-order chi connectivity index (χ1) is 8.75. The molecule has 0 aliphatic carbocycles. The van der Waals surface area contributed by atoms with E-state index in [9.17, 15) is 5.11 Å². The molecule has 1 N–H and O–H groups in total. The number of aliphatic hydroxyl groups excluding tert-OH is 1. The van der Waals surface area contributed by atoms with Gasteiger partial charge in [-0.1, -0.05) is 18.2 Å². The van der Waals surface area contributed by atoms with E-state index in [1.165, 1.54) is 0 Å². The van der Waals surface area contributed by atoms with E-state index in [0.717, 1.165) is 23.3 Å². The molecule has 0 amide bonds. The number of hydrogen-bond donors (Lipinski definition) is 1. The third kappa shape index (κ3) is 3.57. The van der Waals surface area contributed by atoms with Crippen molar-refractivity contribution >= 4 is 0 Å². The van der Waals surface area contributed by atoms with E-state index in [-0.39, 0.29) is 0 Å². The topological polar surface area (TPSA) is 42.4 Å². The molecule has 1 aromatic carbocycles. The lowest BCUT2D eigenvalue weighted by atomic mass is 10.1. The number of rotatable bonds is 5. The van der Waals surface area contributed by atoms with Gasteiger partial charge in [-0.05, 0) is 36.2 Å². The predicted octanol–water partition coefficient (Wildman–Crippen LogP) is 2.76. The van der Waals surface area contributed by atoms with Gasteiger partial charge in [-0.3, -0.25) is 4.98 Å². The van der Waals surface area contributed by atoms with Crippen molar-refractivity contribution in [1.82, 2.24) is 4.98 Å².